The third-order valence-corrected chi connectivity index (χ3v) is 6.21. The fraction of sp³-hybridized carbons (Fsp3) is 0.852. The lowest BCUT2D eigenvalue weighted by molar-refractivity contribution is -0.138. The van der Waals surface area contributed by atoms with Gasteiger partial charge in [-0.15, -0.1) is 0 Å². The van der Waals surface area contributed by atoms with Crippen LogP contribution in [-0.2, 0) is 19.2 Å². The molecule has 0 aliphatic heterocycles. The van der Waals surface area contributed by atoms with E-state index in [-0.39, 0.29) is 24.7 Å². The van der Waals surface area contributed by atoms with E-state index in [1.54, 1.807) is 0 Å². The van der Waals surface area contributed by atoms with Gasteiger partial charge in [-0.2, -0.15) is 0 Å². The first-order valence-electron chi connectivity index (χ1n) is 13.9. The lowest BCUT2D eigenvalue weighted by Gasteiger charge is -2.17. The summed E-state index contributed by atoms with van der Waals surface area (Å²) in [5.41, 5.74) is 0. The van der Waals surface area contributed by atoms with Gasteiger partial charge in [-0.1, -0.05) is 84.0 Å². The number of hydrogen-bond donors (Lipinski definition) is 4. The fourth-order valence-corrected chi connectivity index (χ4v) is 4.04. The van der Waals surface area contributed by atoms with Crippen LogP contribution in [0.2, 0.25) is 0 Å². The average Bonchev–Trinajstić information content (AvgIpc) is 2.81. The maximum atomic E-state index is 12.7. The Morgan fingerprint density at radius 1 is 0.543 bits per heavy atom. The summed E-state index contributed by atoms with van der Waals surface area (Å²) in [6, 6.07) is 0. The first kappa shape index (κ1) is 32.9. The first-order chi connectivity index (χ1) is 16.9. The topological polar surface area (TPSA) is 133 Å². The largest absolute Gasteiger partial charge is 0.481 e. The van der Waals surface area contributed by atoms with E-state index in [0.717, 1.165) is 32.1 Å². The number of amides is 2. The molecule has 0 bridgehead atoms. The molecule has 0 saturated carbocycles. The molecule has 8 nitrogen and oxygen atoms in total. The van der Waals surface area contributed by atoms with Gasteiger partial charge in [-0.25, -0.2) is 0 Å². The molecule has 204 valence electrons. The van der Waals surface area contributed by atoms with Crippen LogP contribution in [0.25, 0.3) is 0 Å². The van der Waals surface area contributed by atoms with Crippen LogP contribution in [0, 0.1) is 5.92 Å². The number of aliphatic carboxylic acids is 2. The summed E-state index contributed by atoms with van der Waals surface area (Å²) in [7, 11) is 0. The summed E-state index contributed by atoms with van der Waals surface area (Å²) in [6.45, 7) is 3.10. The molecule has 0 fully saturated rings. The lowest BCUT2D eigenvalue weighted by atomic mass is 9.97. The van der Waals surface area contributed by atoms with Crippen molar-refractivity contribution < 1.29 is 29.4 Å². The second-order valence-corrected chi connectivity index (χ2v) is 9.51. The van der Waals surface area contributed by atoms with Crippen molar-refractivity contribution >= 4 is 23.8 Å². The predicted molar refractivity (Wildman–Crippen MR) is 138 cm³/mol. The summed E-state index contributed by atoms with van der Waals surface area (Å²) < 4.78 is 0. The van der Waals surface area contributed by atoms with E-state index in [2.05, 4.69) is 17.6 Å². The number of carboxylic acids is 2. The highest BCUT2D eigenvalue weighted by atomic mass is 16.4. The Balaban J connectivity index is 4.30. The Kier molecular flexibility index (Phi) is 22.2. The van der Waals surface area contributed by atoms with Gasteiger partial charge in [0.1, 0.15) is 5.92 Å². The summed E-state index contributed by atoms with van der Waals surface area (Å²) in [6.07, 6.45) is 16.7. The number of hydrogen-bond acceptors (Lipinski definition) is 4. The minimum Gasteiger partial charge on any atom is -0.481 e. The number of carbonyl (C=O) groups is 4. The van der Waals surface area contributed by atoms with Crippen LogP contribution >= 0.6 is 0 Å². The molecule has 0 aliphatic rings. The van der Waals surface area contributed by atoms with Crippen LogP contribution in [0.4, 0.5) is 0 Å². The Morgan fingerprint density at radius 3 is 1.31 bits per heavy atom. The second kappa shape index (κ2) is 23.6. The highest BCUT2D eigenvalue weighted by Gasteiger charge is 2.25. The number of unbranched alkanes of at least 4 members (excludes halogenated alkanes) is 13. The molecule has 0 spiro atoms. The fourth-order valence-electron chi connectivity index (χ4n) is 4.04. The molecule has 4 N–H and O–H groups in total. The van der Waals surface area contributed by atoms with Gasteiger partial charge >= 0.3 is 11.9 Å². The Morgan fingerprint density at radius 2 is 0.914 bits per heavy atom. The minimum atomic E-state index is -0.815. The zero-order chi connectivity index (χ0) is 26.2. The molecule has 0 unspecified atom stereocenters. The lowest BCUT2D eigenvalue weighted by Crippen LogP contribution is -2.42. The minimum absolute atomic E-state index is 0.129. The van der Waals surface area contributed by atoms with Gasteiger partial charge in [0.25, 0.3) is 0 Å². The zero-order valence-corrected chi connectivity index (χ0v) is 22.0. The summed E-state index contributed by atoms with van der Waals surface area (Å²) >= 11 is 0. The number of carboxylic acid groups (broad SMARTS) is 2. The molecule has 0 aromatic rings. The van der Waals surface area contributed by atoms with E-state index < -0.39 is 17.9 Å². The molecule has 8 heteroatoms. The SMILES string of the molecule is CCCCCCCCCCCCC(C(=O)NCCCCCC(=O)O)C(=O)NCCCCCC(=O)O. The third-order valence-electron chi connectivity index (χ3n) is 6.21. The molecule has 0 saturated heterocycles. The van der Waals surface area contributed by atoms with Crippen molar-refractivity contribution in [3.05, 3.63) is 0 Å². The van der Waals surface area contributed by atoms with Crippen LogP contribution in [-0.4, -0.2) is 47.1 Å². The number of carbonyl (C=O) groups excluding carboxylic acids is 2. The Labute approximate surface area is 212 Å². The summed E-state index contributed by atoms with van der Waals surface area (Å²) in [5.74, 6) is -2.87. The molecule has 0 rings (SSSR count). The molecule has 0 aliphatic carbocycles. The molecule has 0 atom stereocenters. The van der Waals surface area contributed by atoms with Crippen molar-refractivity contribution in [1.29, 1.82) is 0 Å². The molecule has 0 radical (unpaired) electrons. The van der Waals surface area contributed by atoms with Gasteiger partial charge < -0.3 is 20.8 Å². The highest BCUT2D eigenvalue weighted by molar-refractivity contribution is 6.00. The van der Waals surface area contributed by atoms with E-state index >= 15 is 0 Å². The van der Waals surface area contributed by atoms with Crippen molar-refractivity contribution in [1.82, 2.24) is 10.6 Å². The van der Waals surface area contributed by atoms with Crippen LogP contribution in [0.15, 0.2) is 0 Å². The number of rotatable bonds is 25. The Hall–Kier alpha value is -2.12. The van der Waals surface area contributed by atoms with E-state index in [1.165, 1.54) is 44.9 Å². The van der Waals surface area contributed by atoms with E-state index in [0.29, 0.717) is 45.2 Å². The van der Waals surface area contributed by atoms with Crippen molar-refractivity contribution in [2.45, 2.75) is 129 Å². The van der Waals surface area contributed by atoms with Gasteiger partial charge in [0.2, 0.25) is 11.8 Å². The third kappa shape index (κ3) is 22.1. The van der Waals surface area contributed by atoms with Gasteiger partial charge in [0.05, 0.1) is 0 Å². The number of nitrogens with one attached hydrogen (secondary N) is 2. The van der Waals surface area contributed by atoms with Crippen LogP contribution < -0.4 is 10.6 Å². The van der Waals surface area contributed by atoms with Gasteiger partial charge in [-0.05, 0) is 32.1 Å². The van der Waals surface area contributed by atoms with Gasteiger partial charge in [0, 0.05) is 25.9 Å². The quantitative estimate of drug-likeness (QED) is 0.0979. The van der Waals surface area contributed by atoms with Crippen LogP contribution in [0.1, 0.15) is 129 Å². The molecular weight excluding hydrogens is 448 g/mol. The van der Waals surface area contributed by atoms with Crippen molar-refractivity contribution in [3.8, 4) is 0 Å². The standard InChI is InChI=1S/C27H50N2O6/c1-2-3-4-5-6-7-8-9-10-13-18-23(26(34)28-21-16-11-14-19-24(30)31)27(35)29-22-17-12-15-20-25(32)33/h23H,2-22H2,1H3,(H,28,34)(H,29,35)(H,30,31)(H,32,33). The maximum Gasteiger partial charge on any atom is 0.303 e. The smallest absolute Gasteiger partial charge is 0.303 e. The van der Waals surface area contributed by atoms with E-state index in [9.17, 15) is 19.2 Å². The normalized spacial score (nSPS) is 10.9. The van der Waals surface area contributed by atoms with Crippen molar-refractivity contribution in [2.75, 3.05) is 13.1 Å². The average molecular weight is 499 g/mol. The molecular formula is C27H50N2O6. The monoisotopic (exact) mass is 498 g/mol. The van der Waals surface area contributed by atoms with Crippen LogP contribution in [0.5, 0.6) is 0 Å². The van der Waals surface area contributed by atoms with E-state index in [1.807, 2.05) is 0 Å². The maximum absolute atomic E-state index is 12.7. The highest BCUT2D eigenvalue weighted by Crippen LogP contribution is 2.15. The van der Waals surface area contributed by atoms with Crippen LogP contribution in [0.3, 0.4) is 0 Å². The van der Waals surface area contributed by atoms with E-state index in [4.69, 9.17) is 10.2 Å². The summed E-state index contributed by atoms with van der Waals surface area (Å²) in [4.78, 5) is 46.5. The molecule has 0 aromatic heterocycles. The van der Waals surface area contributed by atoms with Crippen molar-refractivity contribution in [3.63, 3.8) is 0 Å². The molecule has 35 heavy (non-hydrogen) atoms. The molecule has 2 amide bonds. The zero-order valence-electron chi connectivity index (χ0n) is 22.0. The second-order valence-electron chi connectivity index (χ2n) is 9.51. The summed E-state index contributed by atoms with van der Waals surface area (Å²) in [5, 5.41) is 23.1. The van der Waals surface area contributed by atoms with Gasteiger partial charge in [-0.3, -0.25) is 19.2 Å². The van der Waals surface area contributed by atoms with Gasteiger partial charge in [0.15, 0.2) is 0 Å². The molecule has 0 aromatic carbocycles. The predicted octanol–water partition coefficient (Wildman–Crippen LogP) is 5.44. The molecule has 0 heterocycles. The first-order valence-corrected chi connectivity index (χ1v) is 13.9. The Bertz CT molecular complexity index is 544. The van der Waals surface area contributed by atoms with Crippen molar-refractivity contribution in [2.24, 2.45) is 5.92 Å².